The SMILES string of the molecule is CN(Cc1csc(Br)c1)c1ccc(C#N)cc1N. The highest BCUT2D eigenvalue weighted by molar-refractivity contribution is 9.11. The normalized spacial score (nSPS) is 10.1. The Morgan fingerprint density at radius 3 is 2.78 bits per heavy atom. The summed E-state index contributed by atoms with van der Waals surface area (Å²) >= 11 is 5.12. The van der Waals surface area contributed by atoms with Crippen LogP contribution in [0.15, 0.2) is 33.4 Å². The predicted octanol–water partition coefficient (Wildman–Crippen LogP) is 3.60. The lowest BCUT2D eigenvalue weighted by molar-refractivity contribution is 0.929. The van der Waals surface area contributed by atoms with Crippen molar-refractivity contribution >= 4 is 38.6 Å². The van der Waals surface area contributed by atoms with Gasteiger partial charge < -0.3 is 10.6 Å². The number of rotatable bonds is 3. The largest absolute Gasteiger partial charge is 0.397 e. The fourth-order valence-corrected chi connectivity index (χ4v) is 2.96. The number of nitrogen functional groups attached to an aromatic ring is 1. The predicted molar refractivity (Wildman–Crippen MR) is 79.7 cm³/mol. The molecular formula is C13H12BrN3S. The average molecular weight is 322 g/mol. The number of thiophene rings is 1. The van der Waals surface area contributed by atoms with Crippen LogP contribution in [0.5, 0.6) is 0 Å². The second kappa shape index (κ2) is 5.42. The fraction of sp³-hybridized carbons (Fsp3) is 0.154. The summed E-state index contributed by atoms with van der Waals surface area (Å²) in [6, 6.07) is 9.55. The van der Waals surface area contributed by atoms with E-state index in [1.54, 1.807) is 23.5 Å². The van der Waals surface area contributed by atoms with Gasteiger partial charge in [0.15, 0.2) is 0 Å². The summed E-state index contributed by atoms with van der Waals surface area (Å²) in [5.74, 6) is 0. The van der Waals surface area contributed by atoms with Crippen molar-refractivity contribution in [2.75, 3.05) is 17.7 Å². The Morgan fingerprint density at radius 2 is 2.22 bits per heavy atom. The minimum atomic E-state index is 0.586. The molecule has 0 saturated carbocycles. The zero-order valence-electron chi connectivity index (χ0n) is 9.85. The first-order chi connectivity index (χ1) is 8.60. The molecule has 1 heterocycles. The first-order valence-electron chi connectivity index (χ1n) is 5.34. The molecule has 0 unspecified atom stereocenters. The number of anilines is 2. The van der Waals surface area contributed by atoms with E-state index in [1.807, 2.05) is 13.1 Å². The van der Waals surface area contributed by atoms with Gasteiger partial charge in [-0.25, -0.2) is 0 Å². The van der Waals surface area contributed by atoms with Crippen LogP contribution in [0.3, 0.4) is 0 Å². The van der Waals surface area contributed by atoms with Gasteiger partial charge in [0.1, 0.15) is 0 Å². The molecule has 1 aromatic heterocycles. The van der Waals surface area contributed by atoms with Gasteiger partial charge in [-0.2, -0.15) is 5.26 Å². The molecule has 1 aromatic carbocycles. The van der Waals surface area contributed by atoms with E-state index in [0.717, 1.165) is 16.0 Å². The molecule has 92 valence electrons. The molecule has 5 heteroatoms. The minimum absolute atomic E-state index is 0.586. The maximum absolute atomic E-state index is 8.81. The zero-order valence-corrected chi connectivity index (χ0v) is 12.3. The summed E-state index contributed by atoms with van der Waals surface area (Å²) in [7, 11) is 1.99. The van der Waals surface area contributed by atoms with Crippen molar-refractivity contribution in [2.45, 2.75) is 6.54 Å². The third kappa shape index (κ3) is 2.84. The maximum Gasteiger partial charge on any atom is 0.0992 e. The molecule has 18 heavy (non-hydrogen) atoms. The summed E-state index contributed by atoms with van der Waals surface area (Å²) in [6.07, 6.45) is 0. The standard InChI is InChI=1S/C13H12BrN3S/c1-17(7-10-5-13(14)18-8-10)12-3-2-9(6-15)4-11(12)16/h2-5,8H,7,16H2,1H3. The molecule has 0 radical (unpaired) electrons. The molecule has 2 rings (SSSR count). The summed E-state index contributed by atoms with van der Waals surface area (Å²) < 4.78 is 1.12. The van der Waals surface area contributed by atoms with Crippen LogP contribution in [-0.4, -0.2) is 7.05 Å². The molecule has 2 aromatic rings. The van der Waals surface area contributed by atoms with Crippen molar-refractivity contribution in [3.8, 4) is 6.07 Å². The quantitative estimate of drug-likeness (QED) is 0.879. The number of nitrogens with zero attached hydrogens (tertiary/aromatic N) is 2. The van der Waals surface area contributed by atoms with E-state index in [-0.39, 0.29) is 0 Å². The van der Waals surface area contributed by atoms with Crippen molar-refractivity contribution in [1.82, 2.24) is 0 Å². The first-order valence-corrected chi connectivity index (χ1v) is 7.01. The molecule has 0 fully saturated rings. The van der Waals surface area contributed by atoms with Gasteiger partial charge >= 0.3 is 0 Å². The molecule has 0 aliphatic rings. The van der Waals surface area contributed by atoms with Crippen LogP contribution in [0.1, 0.15) is 11.1 Å². The van der Waals surface area contributed by atoms with Gasteiger partial charge in [0, 0.05) is 13.6 Å². The van der Waals surface area contributed by atoms with Crippen LogP contribution >= 0.6 is 27.3 Å². The third-order valence-electron chi connectivity index (χ3n) is 2.61. The molecule has 0 saturated heterocycles. The Bertz CT molecular complexity index is 601. The molecule has 0 atom stereocenters. The number of nitriles is 1. The monoisotopic (exact) mass is 321 g/mol. The molecule has 3 nitrogen and oxygen atoms in total. The molecular weight excluding hydrogens is 310 g/mol. The van der Waals surface area contributed by atoms with E-state index >= 15 is 0 Å². The van der Waals surface area contributed by atoms with Gasteiger partial charge in [0.05, 0.1) is 26.8 Å². The molecule has 0 aliphatic carbocycles. The summed E-state index contributed by atoms with van der Waals surface area (Å²) in [4.78, 5) is 2.07. The minimum Gasteiger partial charge on any atom is -0.397 e. The van der Waals surface area contributed by atoms with Crippen LogP contribution in [0.25, 0.3) is 0 Å². The van der Waals surface area contributed by atoms with Crippen LogP contribution in [0.2, 0.25) is 0 Å². The van der Waals surface area contributed by atoms with Crippen molar-refractivity contribution in [1.29, 1.82) is 5.26 Å². The van der Waals surface area contributed by atoms with Gasteiger partial charge in [0.2, 0.25) is 0 Å². The van der Waals surface area contributed by atoms with Crippen molar-refractivity contribution < 1.29 is 0 Å². The van der Waals surface area contributed by atoms with E-state index in [9.17, 15) is 0 Å². The van der Waals surface area contributed by atoms with Gasteiger partial charge in [-0.05, 0) is 51.1 Å². The van der Waals surface area contributed by atoms with E-state index in [1.165, 1.54) is 5.56 Å². The average Bonchev–Trinajstić information content (AvgIpc) is 2.74. The lowest BCUT2D eigenvalue weighted by Crippen LogP contribution is -2.17. The Morgan fingerprint density at radius 1 is 1.44 bits per heavy atom. The lowest BCUT2D eigenvalue weighted by Gasteiger charge is -2.20. The Balaban J connectivity index is 2.19. The van der Waals surface area contributed by atoms with Crippen LogP contribution in [0.4, 0.5) is 11.4 Å². The van der Waals surface area contributed by atoms with E-state index < -0.39 is 0 Å². The number of hydrogen-bond donors (Lipinski definition) is 1. The lowest BCUT2D eigenvalue weighted by atomic mass is 10.1. The molecule has 0 aliphatic heterocycles. The highest BCUT2D eigenvalue weighted by Gasteiger charge is 2.08. The summed E-state index contributed by atoms with van der Waals surface area (Å²) in [6.45, 7) is 0.790. The highest BCUT2D eigenvalue weighted by Crippen LogP contribution is 2.27. The van der Waals surface area contributed by atoms with E-state index in [0.29, 0.717) is 11.3 Å². The Hall–Kier alpha value is -1.51. The molecule has 2 N–H and O–H groups in total. The maximum atomic E-state index is 8.81. The van der Waals surface area contributed by atoms with Crippen molar-refractivity contribution in [3.63, 3.8) is 0 Å². The summed E-state index contributed by atoms with van der Waals surface area (Å²) in [5.41, 5.74) is 9.35. The van der Waals surface area contributed by atoms with Gasteiger partial charge in [-0.15, -0.1) is 11.3 Å². The number of hydrogen-bond acceptors (Lipinski definition) is 4. The smallest absolute Gasteiger partial charge is 0.0992 e. The van der Waals surface area contributed by atoms with Gasteiger partial charge in [0.25, 0.3) is 0 Å². The van der Waals surface area contributed by atoms with E-state index in [4.69, 9.17) is 11.0 Å². The van der Waals surface area contributed by atoms with Crippen molar-refractivity contribution in [3.05, 3.63) is 44.6 Å². The first kappa shape index (κ1) is 12.9. The zero-order chi connectivity index (χ0) is 13.1. The number of halogens is 1. The van der Waals surface area contributed by atoms with Crippen LogP contribution in [-0.2, 0) is 6.54 Å². The molecule has 0 amide bonds. The Labute approximate surface area is 119 Å². The summed E-state index contributed by atoms with van der Waals surface area (Å²) in [5, 5.41) is 10.9. The fourth-order valence-electron chi connectivity index (χ4n) is 1.76. The topological polar surface area (TPSA) is 53.0 Å². The Kier molecular flexibility index (Phi) is 3.90. The third-order valence-corrected chi connectivity index (χ3v) is 4.16. The number of benzene rings is 1. The van der Waals surface area contributed by atoms with Crippen LogP contribution in [0, 0.1) is 11.3 Å². The van der Waals surface area contributed by atoms with Crippen LogP contribution < -0.4 is 10.6 Å². The van der Waals surface area contributed by atoms with E-state index in [2.05, 4.69) is 38.3 Å². The molecule has 0 spiro atoms. The molecule has 0 bridgehead atoms. The van der Waals surface area contributed by atoms with Gasteiger partial charge in [-0.1, -0.05) is 0 Å². The number of nitrogens with two attached hydrogens (primary N) is 1. The van der Waals surface area contributed by atoms with Gasteiger partial charge in [-0.3, -0.25) is 0 Å². The highest BCUT2D eigenvalue weighted by atomic mass is 79.9. The second-order valence-electron chi connectivity index (χ2n) is 4.00. The second-order valence-corrected chi connectivity index (χ2v) is 6.29. The van der Waals surface area contributed by atoms with Crippen molar-refractivity contribution in [2.24, 2.45) is 0 Å².